The minimum atomic E-state index is 0.695. The molecule has 0 aliphatic heterocycles. The summed E-state index contributed by atoms with van der Waals surface area (Å²) in [5, 5.41) is 1.09. The smallest absolute Gasteiger partial charge is 0.0100 e. The predicted molar refractivity (Wildman–Crippen MR) is 99.4 cm³/mol. The second kappa shape index (κ2) is 13.4. The van der Waals surface area contributed by atoms with Gasteiger partial charge >= 0.3 is 0 Å². The lowest BCUT2D eigenvalue weighted by molar-refractivity contribution is 0.537. The Bertz CT molecular complexity index is 320. The van der Waals surface area contributed by atoms with Crippen LogP contribution in [0.1, 0.15) is 89.0 Å². The van der Waals surface area contributed by atoms with Gasteiger partial charge in [0.05, 0.1) is 0 Å². The molecule has 0 bridgehead atoms. The number of hydrogen-bond donors (Lipinski definition) is 0. The first kappa shape index (κ1) is 18.7. The molecule has 0 aliphatic carbocycles. The molecule has 0 N–H and O–H groups in total. The number of rotatable bonds is 13. The maximum Gasteiger partial charge on any atom is 0.0100 e. The second-order valence-electron chi connectivity index (χ2n) is 6.23. The van der Waals surface area contributed by atoms with Crippen molar-refractivity contribution in [3.05, 3.63) is 35.9 Å². The highest BCUT2D eigenvalue weighted by atomic mass is 79.9. The van der Waals surface area contributed by atoms with Crippen LogP contribution in [0.4, 0.5) is 0 Å². The van der Waals surface area contributed by atoms with Gasteiger partial charge in [-0.05, 0) is 17.9 Å². The molecular weight excluding hydrogens is 320 g/mol. The van der Waals surface area contributed by atoms with Crippen LogP contribution in [0.15, 0.2) is 30.3 Å². The van der Waals surface area contributed by atoms with Crippen LogP contribution in [-0.4, -0.2) is 5.33 Å². The highest BCUT2D eigenvalue weighted by molar-refractivity contribution is 9.09. The number of unbranched alkanes of at least 4 members (excludes halogenated alkanes) is 9. The lowest BCUT2D eigenvalue weighted by atomic mass is 9.94. The van der Waals surface area contributed by atoms with Gasteiger partial charge in [-0.1, -0.05) is 117 Å². The summed E-state index contributed by atoms with van der Waals surface area (Å²) >= 11 is 3.68. The Kier molecular flexibility index (Phi) is 11.9. The Hall–Kier alpha value is -0.300. The quantitative estimate of drug-likeness (QED) is 0.255. The van der Waals surface area contributed by atoms with E-state index >= 15 is 0 Å². The first-order valence-electron chi connectivity index (χ1n) is 8.99. The van der Waals surface area contributed by atoms with Crippen LogP contribution < -0.4 is 0 Å². The second-order valence-corrected chi connectivity index (χ2v) is 6.88. The van der Waals surface area contributed by atoms with Gasteiger partial charge in [-0.15, -0.1) is 0 Å². The molecular formula is C20H33Br. The van der Waals surface area contributed by atoms with Crippen LogP contribution in [0.25, 0.3) is 0 Å². The van der Waals surface area contributed by atoms with Crippen molar-refractivity contribution in [2.45, 2.75) is 83.5 Å². The molecule has 0 amide bonds. The largest absolute Gasteiger partial charge is 0.0921 e. The predicted octanol–water partition coefficient (Wildman–Crippen LogP) is 7.48. The van der Waals surface area contributed by atoms with E-state index in [1.54, 1.807) is 0 Å². The van der Waals surface area contributed by atoms with Gasteiger partial charge in [-0.25, -0.2) is 0 Å². The van der Waals surface area contributed by atoms with Gasteiger partial charge in [0.15, 0.2) is 0 Å². The molecule has 1 aromatic carbocycles. The normalized spacial score (nSPS) is 12.5. The summed E-state index contributed by atoms with van der Waals surface area (Å²) in [5.74, 6) is 0.695. The van der Waals surface area contributed by atoms with Crippen molar-refractivity contribution in [3.8, 4) is 0 Å². The monoisotopic (exact) mass is 352 g/mol. The van der Waals surface area contributed by atoms with E-state index in [0.29, 0.717) is 5.92 Å². The number of hydrogen-bond acceptors (Lipinski definition) is 0. The SMILES string of the molecule is CCCCCCCCCCCCC(CBr)c1ccccc1. The Labute approximate surface area is 140 Å². The maximum absolute atomic E-state index is 3.68. The van der Waals surface area contributed by atoms with E-state index in [1.807, 2.05) is 0 Å². The highest BCUT2D eigenvalue weighted by Crippen LogP contribution is 2.24. The van der Waals surface area contributed by atoms with Crippen molar-refractivity contribution in [2.75, 3.05) is 5.33 Å². The molecule has 0 saturated heterocycles. The maximum atomic E-state index is 3.68. The fourth-order valence-electron chi connectivity index (χ4n) is 2.94. The molecule has 1 unspecified atom stereocenters. The lowest BCUT2D eigenvalue weighted by Gasteiger charge is -2.14. The highest BCUT2D eigenvalue weighted by Gasteiger charge is 2.08. The molecule has 0 radical (unpaired) electrons. The van der Waals surface area contributed by atoms with Crippen molar-refractivity contribution in [3.63, 3.8) is 0 Å². The summed E-state index contributed by atoms with van der Waals surface area (Å²) in [6.07, 6.45) is 15.6. The zero-order chi connectivity index (χ0) is 15.2. The zero-order valence-corrected chi connectivity index (χ0v) is 15.4. The molecule has 1 atom stereocenters. The van der Waals surface area contributed by atoms with Crippen LogP contribution in [0.5, 0.6) is 0 Å². The molecule has 1 rings (SSSR count). The standard InChI is InChI=1S/C20H33Br/c1-2-3-4-5-6-7-8-9-10-12-17-20(18-21)19-15-13-11-14-16-19/h11,13-16,20H,2-10,12,17-18H2,1H3. The van der Waals surface area contributed by atoms with Gasteiger partial charge in [0.1, 0.15) is 0 Å². The Morgan fingerprint density at radius 1 is 0.762 bits per heavy atom. The average Bonchev–Trinajstić information content (AvgIpc) is 2.54. The first-order chi connectivity index (χ1) is 10.4. The fourth-order valence-corrected chi connectivity index (χ4v) is 3.63. The molecule has 1 heteroatoms. The third kappa shape index (κ3) is 9.34. The first-order valence-corrected chi connectivity index (χ1v) is 10.1. The van der Waals surface area contributed by atoms with Gasteiger partial charge in [0, 0.05) is 5.33 Å². The van der Waals surface area contributed by atoms with Crippen LogP contribution in [0.2, 0.25) is 0 Å². The summed E-state index contributed by atoms with van der Waals surface area (Å²) < 4.78 is 0. The van der Waals surface area contributed by atoms with Crippen molar-refractivity contribution >= 4 is 15.9 Å². The number of halogens is 1. The van der Waals surface area contributed by atoms with E-state index in [0.717, 1.165) is 5.33 Å². The van der Waals surface area contributed by atoms with Crippen LogP contribution in [0.3, 0.4) is 0 Å². The third-order valence-corrected chi connectivity index (χ3v) is 5.14. The van der Waals surface area contributed by atoms with Gasteiger partial charge in [0.25, 0.3) is 0 Å². The molecule has 0 saturated carbocycles. The fraction of sp³-hybridized carbons (Fsp3) is 0.700. The minimum Gasteiger partial charge on any atom is -0.0921 e. The van der Waals surface area contributed by atoms with Gasteiger partial charge in [0.2, 0.25) is 0 Å². The van der Waals surface area contributed by atoms with Crippen molar-refractivity contribution in [2.24, 2.45) is 0 Å². The third-order valence-electron chi connectivity index (χ3n) is 4.36. The number of alkyl halides is 1. The van der Waals surface area contributed by atoms with Gasteiger partial charge in [-0.3, -0.25) is 0 Å². The molecule has 120 valence electrons. The Morgan fingerprint density at radius 2 is 1.29 bits per heavy atom. The lowest BCUT2D eigenvalue weighted by Crippen LogP contribution is -2.00. The minimum absolute atomic E-state index is 0.695. The van der Waals surface area contributed by atoms with Crippen molar-refractivity contribution in [1.82, 2.24) is 0 Å². The Morgan fingerprint density at radius 3 is 1.81 bits per heavy atom. The Balaban J connectivity index is 1.98. The van der Waals surface area contributed by atoms with Crippen molar-refractivity contribution in [1.29, 1.82) is 0 Å². The van der Waals surface area contributed by atoms with Gasteiger partial charge in [-0.2, -0.15) is 0 Å². The molecule has 21 heavy (non-hydrogen) atoms. The molecule has 0 aromatic heterocycles. The molecule has 0 nitrogen and oxygen atoms in total. The van der Waals surface area contributed by atoms with Gasteiger partial charge < -0.3 is 0 Å². The molecule has 1 aromatic rings. The summed E-state index contributed by atoms with van der Waals surface area (Å²) in [6, 6.07) is 11.0. The molecule has 0 spiro atoms. The van der Waals surface area contributed by atoms with Crippen molar-refractivity contribution < 1.29 is 0 Å². The summed E-state index contributed by atoms with van der Waals surface area (Å²) in [4.78, 5) is 0. The van der Waals surface area contributed by atoms with E-state index in [2.05, 4.69) is 53.2 Å². The summed E-state index contributed by atoms with van der Waals surface area (Å²) in [5.41, 5.74) is 1.49. The molecule has 0 heterocycles. The zero-order valence-electron chi connectivity index (χ0n) is 13.8. The van der Waals surface area contributed by atoms with Crippen LogP contribution in [-0.2, 0) is 0 Å². The van der Waals surface area contributed by atoms with E-state index < -0.39 is 0 Å². The van der Waals surface area contributed by atoms with E-state index in [4.69, 9.17) is 0 Å². The molecule has 0 aliphatic rings. The van der Waals surface area contributed by atoms with E-state index in [1.165, 1.54) is 76.2 Å². The average molecular weight is 353 g/mol. The summed E-state index contributed by atoms with van der Waals surface area (Å²) in [7, 11) is 0. The van der Waals surface area contributed by atoms with E-state index in [-0.39, 0.29) is 0 Å². The number of benzene rings is 1. The van der Waals surface area contributed by atoms with Crippen LogP contribution >= 0.6 is 15.9 Å². The topological polar surface area (TPSA) is 0 Å². The summed E-state index contributed by atoms with van der Waals surface area (Å²) in [6.45, 7) is 2.29. The van der Waals surface area contributed by atoms with Crippen LogP contribution in [0, 0.1) is 0 Å². The molecule has 0 fully saturated rings. The van der Waals surface area contributed by atoms with E-state index in [9.17, 15) is 0 Å².